The Morgan fingerprint density at radius 1 is 1.21 bits per heavy atom. The second-order valence-electron chi connectivity index (χ2n) is 4.08. The normalized spacial score (nSPS) is 10.2. The lowest BCUT2D eigenvalue weighted by atomic mass is 10.1. The number of allylic oxidation sites excluding steroid dienone is 1. The fraction of sp³-hybridized carbons (Fsp3) is 0.0667. The van der Waals surface area contributed by atoms with Crippen LogP contribution in [0.5, 0.6) is 0 Å². The summed E-state index contributed by atoms with van der Waals surface area (Å²) in [7, 11) is 0. The summed E-state index contributed by atoms with van der Waals surface area (Å²) in [4.78, 5) is 11.9. The summed E-state index contributed by atoms with van der Waals surface area (Å²) < 4.78 is 1.70. The number of anilines is 1. The van der Waals surface area contributed by atoms with Gasteiger partial charge in [-0.2, -0.15) is 0 Å². The summed E-state index contributed by atoms with van der Waals surface area (Å²) in [5.74, 6) is 0.556. The maximum Gasteiger partial charge on any atom is 0.276 e. The van der Waals surface area contributed by atoms with Gasteiger partial charge in [0.25, 0.3) is 5.82 Å². The van der Waals surface area contributed by atoms with Crippen LogP contribution in [0.15, 0.2) is 54.7 Å². The van der Waals surface area contributed by atoms with Crippen molar-refractivity contribution in [1.29, 1.82) is 0 Å². The zero-order valence-corrected chi connectivity index (χ0v) is 11.3. The van der Waals surface area contributed by atoms with E-state index in [1.54, 1.807) is 29.1 Å². The van der Waals surface area contributed by atoms with Crippen molar-refractivity contribution in [2.75, 3.05) is 5.73 Å². The smallest absolute Gasteiger partial charge is 0.276 e. The van der Waals surface area contributed by atoms with Gasteiger partial charge in [0.05, 0.1) is 12.4 Å². The van der Waals surface area contributed by atoms with Crippen molar-refractivity contribution in [3.63, 3.8) is 0 Å². The standard InChI is InChI=1S/C15H14N2O.ClH/c1-12-5-4-6-13(11-12)14(18)8-10-17-9-3-2-7-15(17)16;/h2-11,16H,1H3;1H/b10-8+;. The maximum atomic E-state index is 11.9. The highest BCUT2D eigenvalue weighted by atomic mass is 35.5. The molecule has 0 bridgehead atoms. The molecule has 2 rings (SSSR count). The van der Waals surface area contributed by atoms with Crippen LogP contribution in [0.1, 0.15) is 15.9 Å². The summed E-state index contributed by atoms with van der Waals surface area (Å²) in [5, 5.41) is 0. The zero-order valence-electron chi connectivity index (χ0n) is 10.6. The predicted molar refractivity (Wildman–Crippen MR) is 71.9 cm³/mol. The molecule has 0 atom stereocenters. The van der Waals surface area contributed by atoms with Gasteiger partial charge in [-0.15, -0.1) is 0 Å². The van der Waals surface area contributed by atoms with E-state index in [9.17, 15) is 4.79 Å². The SMILES string of the molecule is Cc1cccc(C(=O)/C=C/[n+]2ccccc2N)c1.[Cl-]. The van der Waals surface area contributed by atoms with Gasteiger partial charge >= 0.3 is 0 Å². The van der Waals surface area contributed by atoms with Gasteiger partial charge in [-0.3, -0.25) is 10.5 Å². The number of aromatic nitrogens is 1. The number of hydrogen-bond acceptors (Lipinski definition) is 2. The minimum absolute atomic E-state index is 0. The van der Waals surface area contributed by atoms with Crippen molar-refractivity contribution >= 4 is 17.8 Å². The molecule has 0 aliphatic heterocycles. The number of benzene rings is 1. The van der Waals surface area contributed by atoms with Gasteiger partial charge in [0.2, 0.25) is 0 Å². The molecule has 1 aromatic heterocycles. The third kappa shape index (κ3) is 3.93. The Hall–Kier alpha value is -2.13. The molecular formula is C15H15ClN2O. The van der Waals surface area contributed by atoms with Crippen LogP contribution in [-0.4, -0.2) is 5.78 Å². The molecule has 0 aliphatic carbocycles. The first-order chi connectivity index (χ1) is 8.66. The zero-order chi connectivity index (χ0) is 13.0. The quantitative estimate of drug-likeness (QED) is 0.454. The molecule has 1 heterocycles. The van der Waals surface area contributed by atoms with Crippen LogP contribution in [0, 0.1) is 6.92 Å². The molecule has 0 radical (unpaired) electrons. The van der Waals surface area contributed by atoms with E-state index >= 15 is 0 Å². The van der Waals surface area contributed by atoms with Crippen molar-refractivity contribution in [1.82, 2.24) is 0 Å². The molecule has 4 heteroatoms. The summed E-state index contributed by atoms with van der Waals surface area (Å²) in [5.41, 5.74) is 7.52. The molecule has 98 valence electrons. The Morgan fingerprint density at radius 2 is 2.00 bits per heavy atom. The lowest BCUT2D eigenvalue weighted by molar-refractivity contribution is -0.552. The third-order valence-corrected chi connectivity index (χ3v) is 2.61. The molecule has 2 N–H and O–H groups in total. The third-order valence-electron chi connectivity index (χ3n) is 2.61. The van der Waals surface area contributed by atoms with Gasteiger partial charge in [0.15, 0.2) is 5.78 Å². The van der Waals surface area contributed by atoms with Crippen molar-refractivity contribution in [2.45, 2.75) is 6.92 Å². The first-order valence-corrected chi connectivity index (χ1v) is 5.71. The fourth-order valence-electron chi connectivity index (χ4n) is 1.65. The number of halogens is 1. The number of ketones is 1. The highest BCUT2D eigenvalue weighted by molar-refractivity contribution is 6.05. The van der Waals surface area contributed by atoms with E-state index in [-0.39, 0.29) is 18.2 Å². The number of aryl methyl sites for hydroxylation is 1. The van der Waals surface area contributed by atoms with E-state index < -0.39 is 0 Å². The summed E-state index contributed by atoms with van der Waals surface area (Å²) in [6, 6.07) is 13.0. The lowest BCUT2D eigenvalue weighted by Gasteiger charge is -1.98. The molecule has 19 heavy (non-hydrogen) atoms. The summed E-state index contributed by atoms with van der Waals surface area (Å²) in [6.45, 7) is 1.96. The topological polar surface area (TPSA) is 47.0 Å². The van der Waals surface area contributed by atoms with Crippen LogP contribution in [0.4, 0.5) is 5.82 Å². The lowest BCUT2D eigenvalue weighted by Crippen LogP contribution is -3.00. The van der Waals surface area contributed by atoms with Gasteiger partial charge in [-0.05, 0) is 19.1 Å². The van der Waals surface area contributed by atoms with E-state index in [1.165, 1.54) is 6.08 Å². The van der Waals surface area contributed by atoms with Crippen LogP contribution in [0.3, 0.4) is 0 Å². The van der Waals surface area contributed by atoms with Crippen LogP contribution in [-0.2, 0) is 0 Å². The van der Waals surface area contributed by atoms with Crippen molar-refractivity contribution in [2.24, 2.45) is 0 Å². The number of hydrogen-bond donors (Lipinski definition) is 1. The molecule has 3 nitrogen and oxygen atoms in total. The van der Waals surface area contributed by atoms with Crippen LogP contribution in [0.2, 0.25) is 0 Å². The number of nitrogens with two attached hydrogens (primary N) is 1. The Balaban J connectivity index is 0.00000180. The first kappa shape index (κ1) is 14.9. The Bertz CT molecular complexity index is 609. The number of rotatable bonds is 3. The largest absolute Gasteiger partial charge is 1.00 e. The Labute approximate surface area is 118 Å². The monoisotopic (exact) mass is 274 g/mol. The fourth-order valence-corrected chi connectivity index (χ4v) is 1.65. The van der Waals surface area contributed by atoms with Gasteiger partial charge < -0.3 is 12.4 Å². The second-order valence-corrected chi connectivity index (χ2v) is 4.08. The Kier molecular flexibility index (Phi) is 5.27. The number of nitrogen functional groups attached to an aromatic ring is 1. The predicted octanol–water partition coefficient (Wildman–Crippen LogP) is -0.778. The highest BCUT2D eigenvalue weighted by Crippen LogP contribution is 2.05. The average Bonchev–Trinajstić information content (AvgIpc) is 2.37. The van der Waals surface area contributed by atoms with E-state index in [4.69, 9.17) is 5.73 Å². The second kappa shape index (κ2) is 6.71. The molecule has 0 unspecified atom stereocenters. The van der Waals surface area contributed by atoms with E-state index in [2.05, 4.69) is 0 Å². The number of pyridine rings is 1. The molecule has 0 amide bonds. The molecule has 1 aromatic carbocycles. The van der Waals surface area contributed by atoms with Crippen LogP contribution >= 0.6 is 0 Å². The van der Waals surface area contributed by atoms with Gasteiger partial charge in [0, 0.05) is 17.7 Å². The average molecular weight is 275 g/mol. The van der Waals surface area contributed by atoms with Crippen molar-refractivity contribution < 1.29 is 21.8 Å². The summed E-state index contributed by atoms with van der Waals surface area (Å²) in [6.07, 6.45) is 4.99. The molecule has 0 saturated heterocycles. The van der Waals surface area contributed by atoms with E-state index in [0.29, 0.717) is 11.4 Å². The summed E-state index contributed by atoms with van der Waals surface area (Å²) >= 11 is 0. The molecule has 0 saturated carbocycles. The maximum absolute atomic E-state index is 11.9. The highest BCUT2D eigenvalue weighted by Gasteiger charge is 2.03. The van der Waals surface area contributed by atoms with Gasteiger partial charge in [-0.25, -0.2) is 4.57 Å². The minimum Gasteiger partial charge on any atom is -1.00 e. The van der Waals surface area contributed by atoms with E-state index in [1.807, 2.05) is 37.3 Å². The first-order valence-electron chi connectivity index (χ1n) is 5.71. The van der Waals surface area contributed by atoms with Crippen LogP contribution < -0.4 is 22.7 Å². The van der Waals surface area contributed by atoms with Crippen molar-refractivity contribution in [3.8, 4) is 0 Å². The number of carbonyl (C=O) groups excluding carboxylic acids is 1. The Morgan fingerprint density at radius 3 is 2.68 bits per heavy atom. The molecule has 0 fully saturated rings. The number of carbonyl (C=O) groups is 1. The minimum atomic E-state index is -0.0329. The molecule has 0 spiro atoms. The molecule has 0 aliphatic rings. The van der Waals surface area contributed by atoms with Crippen LogP contribution in [0.25, 0.3) is 6.20 Å². The molecule has 2 aromatic rings. The number of nitrogens with zero attached hydrogens (tertiary/aromatic N) is 1. The van der Waals surface area contributed by atoms with Crippen molar-refractivity contribution in [3.05, 3.63) is 65.9 Å². The molecular weight excluding hydrogens is 260 g/mol. The van der Waals surface area contributed by atoms with Gasteiger partial charge in [-0.1, -0.05) is 29.8 Å². The van der Waals surface area contributed by atoms with E-state index in [0.717, 1.165) is 5.56 Å². The van der Waals surface area contributed by atoms with Gasteiger partial charge in [0.1, 0.15) is 0 Å².